The molecular formula is C25H23N5O3S. The van der Waals surface area contributed by atoms with Crippen molar-refractivity contribution in [3.8, 4) is 5.75 Å². The number of carbonyl (C=O) groups is 2. The van der Waals surface area contributed by atoms with Crippen molar-refractivity contribution in [3.05, 3.63) is 77.9 Å². The second kappa shape index (κ2) is 9.28. The summed E-state index contributed by atoms with van der Waals surface area (Å²) in [6.07, 6.45) is 0. The van der Waals surface area contributed by atoms with Crippen LogP contribution in [0.5, 0.6) is 5.75 Å². The highest BCUT2D eigenvalue weighted by molar-refractivity contribution is 7.99. The Kier molecular flexibility index (Phi) is 6.04. The average molecular weight is 474 g/mol. The Bertz CT molecular complexity index is 1300. The van der Waals surface area contributed by atoms with E-state index in [1.54, 1.807) is 41.0 Å². The number of hydrogen-bond acceptors (Lipinski definition) is 8. The van der Waals surface area contributed by atoms with Crippen LogP contribution in [0.25, 0.3) is 0 Å². The highest BCUT2D eigenvalue weighted by Crippen LogP contribution is 2.48. The minimum Gasteiger partial charge on any atom is -0.496 e. The molecule has 3 aromatic rings. The zero-order valence-electron chi connectivity index (χ0n) is 18.8. The van der Waals surface area contributed by atoms with Gasteiger partial charge in [-0.05, 0) is 37.3 Å². The molecule has 0 aromatic heterocycles. The number of hydrogen-bond donors (Lipinski definition) is 1. The number of fused-ring (bicyclic) bond motifs is 2. The van der Waals surface area contributed by atoms with Crippen molar-refractivity contribution in [2.24, 2.45) is 10.3 Å². The molecule has 0 saturated carbocycles. The summed E-state index contributed by atoms with van der Waals surface area (Å²) in [5.74, 6) is 0.524. The Morgan fingerprint density at radius 3 is 2.65 bits per heavy atom. The van der Waals surface area contributed by atoms with Gasteiger partial charge >= 0.3 is 0 Å². The maximum Gasteiger partial charge on any atom is 0.247 e. The predicted octanol–water partition coefficient (Wildman–Crippen LogP) is 4.96. The first-order chi connectivity index (χ1) is 16.6. The first kappa shape index (κ1) is 22.1. The number of nitrogens with one attached hydrogen (secondary N) is 1. The molecule has 0 radical (unpaired) electrons. The van der Waals surface area contributed by atoms with Crippen LogP contribution in [0.2, 0.25) is 0 Å². The largest absolute Gasteiger partial charge is 0.496 e. The number of para-hydroxylation sites is 2. The fourth-order valence-corrected chi connectivity index (χ4v) is 5.14. The summed E-state index contributed by atoms with van der Waals surface area (Å²) in [5.41, 5.74) is 6.12. The van der Waals surface area contributed by atoms with Crippen molar-refractivity contribution >= 4 is 34.8 Å². The molecule has 2 aliphatic heterocycles. The Morgan fingerprint density at radius 1 is 1.06 bits per heavy atom. The fraction of sp³-hybridized carbons (Fsp3) is 0.200. The molecule has 1 N–H and O–H groups in total. The van der Waals surface area contributed by atoms with Crippen LogP contribution in [-0.2, 0) is 4.79 Å². The number of hydrazine groups is 1. The number of ketones is 1. The number of amides is 1. The number of rotatable bonds is 6. The Balaban J connectivity index is 1.41. The number of ether oxygens (including phenoxy) is 1. The summed E-state index contributed by atoms with van der Waals surface area (Å²) < 4.78 is 5.49. The molecule has 1 atom stereocenters. The minimum absolute atomic E-state index is 0.00654. The molecule has 0 fully saturated rings. The van der Waals surface area contributed by atoms with Gasteiger partial charge in [0.15, 0.2) is 5.78 Å². The zero-order chi connectivity index (χ0) is 23.7. The van der Waals surface area contributed by atoms with Gasteiger partial charge in [0.1, 0.15) is 11.8 Å². The van der Waals surface area contributed by atoms with E-state index < -0.39 is 0 Å². The van der Waals surface area contributed by atoms with Gasteiger partial charge in [-0.15, -0.1) is 0 Å². The minimum atomic E-state index is -0.190. The summed E-state index contributed by atoms with van der Waals surface area (Å²) in [7, 11) is 1.63. The van der Waals surface area contributed by atoms with Crippen LogP contribution in [0.1, 0.15) is 28.9 Å². The van der Waals surface area contributed by atoms with E-state index in [4.69, 9.17) is 4.74 Å². The molecule has 34 heavy (non-hydrogen) atoms. The van der Waals surface area contributed by atoms with E-state index in [0.717, 1.165) is 26.8 Å². The fourth-order valence-electron chi connectivity index (χ4n) is 4.11. The smallest absolute Gasteiger partial charge is 0.247 e. The molecule has 3 aromatic carbocycles. The number of benzene rings is 3. The molecule has 172 valence electrons. The van der Waals surface area contributed by atoms with Crippen molar-refractivity contribution in [3.63, 3.8) is 0 Å². The van der Waals surface area contributed by atoms with E-state index in [1.165, 1.54) is 6.92 Å². The third-order valence-corrected chi connectivity index (χ3v) is 6.91. The lowest BCUT2D eigenvalue weighted by Gasteiger charge is -2.32. The number of nitrogens with zero attached hydrogens (tertiary/aromatic N) is 4. The van der Waals surface area contributed by atoms with Crippen molar-refractivity contribution in [1.82, 2.24) is 10.5 Å². The summed E-state index contributed by atoms with van der Waals surface area (Å²) in [6, 6.07) is 20.7. The standard InChI is InChI=1S/C25H23N5O3S/c1-16(31)17-11-12-24-20(13-17)29(19-8-4-6-10-23(19)34-24)25(32)15-27-30-21(14-26-28-30)18-7-3-5-9-22(18)33-2/h3-13,21,27H,14-15H2,1-2H3. The highest BCUT2D eigenvalue weighted by atomic mass is 32.2. The summed E-state index contributed by atoms with van der Waals surface area (Å²) >= 11 is 1.59. The van der Waals surface area contributed by atoms with Gasteiger partial charge in [0, 0.05) is 20.9 Å². The molecule has 1 amide bonds. The van der Waals surface area contributed by atoms with Crippen LogP contribution in [-0.4, -0.2) is 37.0 Å². The van der Waals surface area contributed by atoms with Gasteiger partial charge in [-0.2, -0.15) is 5.11 Å². The lowest BCUT2D eigenvalue weighted by molar-refractivity contribution is -0.118. The predicted molar refractivity (Wildman–Crippen MR) is 129 cm³/mol. The summed E-state index contributed by atoms with van der Waals surface area (Å²) in [5, 5.41) is 9.95. The molecule has 0 bridgehead atoms. The van der Waals surface area contributed by atoms with Crippen LogP contribution in [0.15, 0.2) is 86.9 Å². The van der Waals surface area contributed by atoms with Crippen LogP contribution in [0, 0.1) is 0 Å². The quantitative estimate of drug-likeness (QED) is 0.510. The zero-order valence-corrected chi connectivity index (χ0v) is 19.6. The van der Waals surface area contributed by atoms with Gasteiger partial charge < -0.3 is 4.74 Å². The van der Waals surface area contributed by atoms with Crippen LogP contribution in [0.3, 0.4) is 0 Å². The SMILES string of the molecule is COc1ccccc1C1CN=NN1NCC(=O)N1c2ccccc2Sc2ccc(C(C)=O)cc21. The lowest BCUT2D eigenvalue weighted by Crippen LogP contribution is -2.43. The lowest BCUT2D eigenvalue weighted by atomic mass is 10.1. The first-order valence-electron chi connectivity index (χ1n) is 10.8. The first-order valence-corrected chi connectivity index (χ1v) is 11.7. The van der Waals surface area contributed by atoms with Gasteiger partial charge in [0.05, 0.1) is 31.6 Å². The molecule has 1 unspecified atom stereocenters. The molecular weight excluding hydrogens is 450 g/mol. The van der Waals surface area contributed by atoms with Gasteiger partial charge in [-0.1, -0.05) is 53.4 Å². The van der Waals surface area contributed by atoms with Gasteiger partial charge in [-0.3, -0.25) is 14.5 Å². The number of Topliss-reactive ketones (excluding diaryl/α,β-unsaturated/α-hetero) is 1. The third kappa shape index (κ3) is 4.04. The average Bonchev–Trinajstić information content (AvgIpc) is 3.33. The summed E-state index contributed by atoms with van der Waals surface area (Å²) in [6.45, 7) is 1.97. The Labute approximate surface area is 201 Å². The van der Waals surface area contributed by atoms with Crippen molar-refractivity contribution < 1.29 is 14.3 Å². The molecule has 0 saturated heterocycles. The normalized spacial score (nSPS) is 16.2. The van der Waals surface area contributed by atoms with E-state index >= 15 is 0 Å². The monoisotopic (exact) mass is 473 g/mol. The molecule has 5 rings (SSSR count). The Hall–Kier alpha value is -3.69. The molecule has 8 nitrogen and oxygen atoms in total. The topological polar surface area (TPSA) is 86.6 Å². The summed E-state index contributed by atoms with van der Waals surface area (Å²) in [4.78, 5) is 29.2. The van der Waals surface area contributed by atoms with Crippen LogP contribution < -0.4 is 15.1 Å². The second-order valence-electron chi connectivity index (χ2n) is 7.89. The Morgan fingerprint density at radius 2 is 1.82 bits per heavy atom. The van der Waals surface area contributed by atoms with Crippen molar-refractivity contribution in [2.75, 3.05) is 25.1 Å². The number of methoxy groups -OCH3 is 1. The van der Waals surface area contributed by atoms with Gasteiger partial charge in [0.2, 0.25) is 5.91 Å². The van der Waals surface area contributed by atoms with Gasteiger partial charge in [-0.25, -0.2) is 10.5 Å². The maximum absolute atomic E-state index is 13.6. The van der Waals surface area contributed by atoms with Crippen LogP contribution in [0.4, 0.5) is 11.4 Å². The highest BCUT2D eigenvalue weighted by Gasteiger charge is 2.31. The molecule has 9 heteroatoms. The maximum atomic E-state index is 13.6. The third-order valence-electron chi connectivity index (χ3n) is 5.78. The molecule has 0 aliphatic carbocycles. The van der Waals surface area contributed by atoms with E-state index in [1.807, 2.05) is 54.6 Å². The van der Waals surface area contributed by atoms with E-state index in [9.17, 15) is 9.59 Å². The molecule has 0 spiro atoms. The molecule has 2 heterocycles. The van der Waals surface area contributed by atoms with E-state index in [0.29, 0.717) is 17.8 Å². The van der Waals surface area contributed by atoms with Crippen LogP contribution >= 0.6 is 11.8 Å². The molecule has 2 aliphatic rings. The van der Waals surface area contributed by atoms with E-state index in [-0.39, 0.29) is 24.3 Å². The van der Waals surface area contributed by atoms with Crippen molar-refractivity contribution in [2.45, 2.75) is 22.8 Å². The second-order valence-corrected chi connectivity index (χ2v) is 8.97. The number of anilines is 2. The van der Waals surface area contributed by atoms with Gasteiger partial charge in [0.25, 0.3) is 0 Å². The number of carbonyl (C=O) groups excluding carboxylic acids is 2. The van der Waals surface area contributed by atoms with Crippen molar-refractivity contribution in [1.29, 1.82) is 0 Å². The van der Waals surface area contributed by atoms with E-state index in [2.05, 4.69) is 15.8 Å².